The van der Waals surface area contributed by atoms with Crippen LogP contribution in [0.2, 0.25) is 0 Å². The second kappa shape index (κ2) is 9.61. The predicted octanol–water partition coefficient (Wildman–Crippen LogP) is 5.71. The number of allylic oxidation sites excluding steroid dienone is 1. The Morgan fingerprint density at radius 1 is 1.12 bits per heavy atom. The van der Waals surface area contributed by atoms with E-state index in [1.165, 1.54) is 0 Å². The number of carbonyl (C=O) groups excluding carboxylic acids is 1. The molecule has 32 heavy (non-hydrogen) atoms. The molecule has 0 aliphatic carbocycles. The Hall–Kier alpha value is -3.06. The maximum atomic E-state index is 13.6. The lowest BCUT2D eigenvalue weighted by molar-refractivity contribution is -0.113. The summed E-state index contributed by atoms with van der Waals surface area (Å²) >= 11 is 1.65. The summed E-state index contributed by atoms with van der Waals surface area (Å²) in [4.78, 5) is 18.3. The van der Waals surface area contributed by atoms with Crippen molar-refractivity contribution >= 4 is 29.3 Å². The number of aromatic nitrogens is 3. The standard InChI is InChI=1S/C25H29N5OS/c1-5-6-15-32-25-28-24-26-18(4)21(22(30(24)29-25)19-12-8-7-9-13-19)23(31)27-20-14-10-11-16(2)17(20)3/h7-14,22H,5-6,15H2,1-4H3,(H,27,31)(H,26,28,29). The van der Waals surface area contributed by atoms with Crippen molar-refractivity contribution in [3.63, 3.8) is 0 Å². The van der Waals surface area contributed by atoms with Crippen molar-refractivity contribution in [2.24, 2.45) is 0 Å². The van der Waals surface area contributed by atoms with Gasteiger partial charge in [0.25, 0.3) is 5.91 Å². The Balaban J connectivity index is 1.72. The maximum absolute atomic E-state index is 13.6. The molecule has 166 valence electrons. The van der Waals surface area contributed by atoms with Crippen molar-refractivity contribution in [3.8, 4) is 0 Å². The third-order valence-electron chi connectivity index (χ3n) is 5.77. The third kappa shape index (κ3) is 4.43. The van der Waals surface area contributed by atoms with E-state index in [1.807, 2.05) is 74.0 Å². The first-order valence-electron chi connectivity index (χ1n) is 11.0. The minimum absolute atomic E-state index is 0.140. The van der Waals surface area contributed by atoms with Crippen LogP contribution in [0.3, 0.4) is 0 Å². The molecule has 1 aromatic heterocycles. The number of unbranched alkanes of at least 4 members (excludes halogenated alkanes) is 1. The predicted molar refractivity (Wildman–Crippen MR) is 131 cm³/mol. The van der Waals surface area contributed by atoms with E-state index in [0.717, 1.165) is 51.8 Å². The smallest absolute Gasteiger partial charge is 0.255 e. The van der Waals surface area contributed by atoms with Crippen LogP contribution in [-0.4, -0.2) is 26.4 Å². The van der Waals surface area contributed by atoms with Crippen LogP contribution in [0.15, 0.2) is 65.0 Å². The topological polar surface area (TPSA) is 71.8 Å². The molecule has 1 aliphatic rings. The average molecular weight is 448 g/mol. The van der Waals surface area contributed by atoms with Gasteiger partial charge in [-0.3, -0.25) is 4.79 Å². The highest BCUT2D eigenvalue weighted by Gasteiger charge is 2.34. The number of nitrogens with one attached hydrogen (secondary N) is 2. The zero-order chi connectivity index (χ0) is 22.7. The van der Waals surface area contributed by atoms with Crippen LogP contribution in [-0.2, 0) is 4.79 Å². The number of rotatable bonds is 7. The van der Waals surface area contributed by atoms with Gasteiger partial charge >= 0.3 is 0 Å². The normalized spacial score (nSPS) is 15.3. The summed E-state index contributed by atoms with van der Waals surface area (Å²) < 4.78 is 1.84. The maximum Gasteiger partial charge on any atom is 0.255 e. The number of nitrogens with zero attached hydrogens (tertiary/aromatic N) is 3. The molecule has 0 spiro atoms. The highest BCUT2D eigenvalue weighted by Crippen LogP contribution is 2.37. The van der Waals surface area contributed by atoms with E-state index in [-0.39, 0.29) is 11.9 Å². The third-order valence-corrected chi connectivity index (χ3v) is 6.70. The van der Waals surface area contributed by atoms with Crippen molar-refractivity contribution in [1.82, 2.24) is 14.8 Å². The van der Waals surface area contributed by atoms with Crippen LogP contribution in [0.4, 0.5) is 11.6 Å². The van der Waals surface area contributed by atoms with Gasteiger partial charge in [0.1, 0.15) is 6.04 Å². The van der Waals surface area contributed by atoms with Crippen molar-refractivity contribution in [2.75, 3.05) is 16.4 Å². The monoisotopic (exact) mass is 447 g/mol. The van der Waals surface area contributed by atoms with Crippen LogP contribution < -0.4 is 10.6 Å². The fourth-order valence-corrected chi connectivity index (χ4v) is 4.73. The Labute approximate surface area is 193 Å². The van der Waals surface area contributed by atoms with E-state index >= 15 is 0 Å². The lowest BCUT2D eigenvalue weighted by Crippen LogP contribution is -2.31. The highest BCUT2D eigenvalue weighted by molar-refractivity contribution is 7.99. The number of hydrogen-bond donors (Lipinski definition) is 2. The summed E-state index contributed by atoms with van der Waals surface area (Å²) in [5.41, 5.74) is 5.45. The number of aryl methyl sites for hydroxylation is 1. The zero-order valence-corrected chi connectivity index (χ0v) is 19.8. The van der Waals surface area contributed by atoms with Gasteiger partial charge in [0, 0.05) is 17.1 Å². The molecular formula is C25H29N5OS. The van der Waals surface area contributed by atoms with E-state index in [2.05, 4.69) is 17.6 Å². The molecule has 0 bridgehead atoms. The molecular weight excluding hydrogens is 418 g/mol. The molecule has 2 heterocycles. The van der Waals surface area contributed by atoms with Gasteiger partial charge in [0.2, 0.25) is 11.1 Å². The summed E-state index contributed by atoms with van der Waals surface area (Å²) in [6.45, 7) is 8.17. The summed E-state index contributed by atoms with van der Waals surface area (Å²) in [5, 5.41) is 11.9. The molecule has 2 aromatic carbocycles. The summed E-state index contributed by atoms with van der Waals surface area (Å²) in [6, 6.07) is 15.6. The van der Waals surface area contributed by atoms with E-state index in [0.29, 0.717) is 11.5 Å². The molecule has 0 saturated heterocycles. The molecule has 0 radical (unpaired) electrons. The molecule has 7 heteroatoms. The van der Waals surface area contributed by atoms with Crippen molar-refractivity contribution in [3.05, 3.63) is 76.5 Å². The molecule has 1 amide bonds. The average Bonchev–Trinajstić information content (AvgIpc) is 3.18. The first-order chi connectivity index (χ1) is 15.5. The molecule has 1 aliphatic heterocycles. The van der Waals surface area contributed by atoms with E-state index in [4.69, 9.17) is 10.1 Å². The van der Waals surface area contributed by atoms with E-state index in [1.54, 1.807) is 11.8 Å². The summed E-state index contributed by atoms with van der Waals surface area (Å²) in [5.74, 6) is 1.50. The highest BCUT2D eigenvalue weighted by atomic mass is 32.2. The van der Waals surface area contributed by atoms with Crippen molar-refractivity contribution in [2.45, 2.75) is 51.7 Å². The van der Waals surface area contributed by atoms with Gasteiger partial charge in [0.05, 0.1) is 5.57 Å². The first kappa shape index (κ1) is 22.1. The molecule has 0 fully saturated rings. The Morgan fingerprint density at radius 3 is 2.66 bits per heavy atom. The van der Waals surface area contributed by atoms with Crippen molar-refractivity contribution < 1.29 is 4.79 Å². The number of hydrogen-bond acceptors (Lipinski definition) is 5. The van der Waals surface area contributed by atoms with Crippen LogP contribution in [0.25, 0.3) is 0 Å². The number of thioether (sulfide) groups is 1. The number of carbonyl (C=O) groups is 1. The SMILES string of the molecule is CCCCSc1nc2n(n1)C(c1ccccc1)C(C(=O)Nc1cccc(C)c1C)=C(C)N2. The summed E-state index contributed by atoms with van der Waals surface area (Å²) in [7, 11) is 0. The van der Waals surface area contributed by atoms with Gasteiger partial charge in [-0.15, -0.1) is 5.10 Å². The molecule has 1 unspecified atom stereocenters. The summed E-state index contributed by atoms with van der Waals surface area (Å²) in [6.07, 6.45) is 2.25. The van der Waals surface area contributed by atoms with Crippen LogP contribution in [0, 0.1) is 13.8 Å². The quantitative estimate of drug-likeness (QED) is 0.358. The largest absolute Gasteiger partial charge is 0.328 e. The number of amides is 1. The number of anilines is 2. The van der Waals surface area contributed by atoms with Crippen LogP contribution in [0.1, 0.15) is 49.4 Å². The second-order valence-electron chi connectivity index (χ2n) is 8.04. The molecule has 3 aromatic rings. The minimum Gasteiger partial charge on any atom is -0.328 e. The van der Waals surface area contributed by atoms with Gasteiger partial charge in [0.15, 0.2) is 0 Å². The molecule has 2 N–H and O–H groups in total. The van der Waals surface area contributed by atoms with Gasteiger partial charge in [-0.25, -0.2) is 4.68 Å². The van der Waals surface area contributed by atoms with Crippen molar-refractivity contribution in [1.29, 1.82) is 0 Å². The van der Waals surface area contributed by atoms with Crippen LogP contribution in [0.5, 0.6) is 0 Å². The number of benzene rings is 2. The Kier molecular flexibility index (Phi) is 6.65. The van der Waals surface area contributed by atoms with Gasteiger partial charge in [-0.05, 0) is 49.9 Å². The van der Waals surface area contributed by atoms with Gasteiger partial charge in [-0.1, -0.05) is 67.6 Å². The first-order valence-corrected chi connectivity index (χ1v) is 12.0. The van der Waals surface area contributed by atoms with Gasteiger partial charge < -0.3 is 10.6 Å². The molecule has 6 nitrogen and oxygen atoms in total. The Morgan fingerprint density at radius 2 is 1.91 bits per heavy atom. The fraction of sp³-hybridized carbons (Fsp3) is 0.320. The van der Waals surface area contributed by atoms with E-state index in [9.17, 15) is 4.79 Å². The minimum atomic E-state index is -0.356. The fourth-order valence-electron chi connectivity index (χ4n) is 3.81. The second-order valence-corrected chi connectivity index (χ2v) is 9.11. The van der Waals surface area contributed by atoms with E-state index < -0.39 is 0 Å². The van der Waals surface area contributed by atoms with Gasteiger partial charge in [-0.2, -0.15) is 4.98 Å². The molecule has 1 atom stereocenters. The molecule has 4 rings (SSSR count). The lowest BCUT2D eigenvalue weighted by atomic mass is 9.95. The molecule has 0 saturated carbocycles. The number of fused-ring (bicyclic) bond motifs is 1. The van der Waals surface area contributed by atoms with Crippen LogP contribution >= 0.6 is 11.8 Å². The Bertz CT molecular complexity index is 1150. The zero-order valence-electron chi connectivity index (χ0n) is 19.0. The lowest BCUT2D eigenvalue weighted by Gasteiger charge is -2.28.